The van der Waals surface area contributed by atoms with Crippen LogP contribution in [0.1, 0.15) is 34.6 Å². The van der Waals surface area contributed by atoms with E-state index in [2.05, 4.69) is 15.3 Å². The number of nitrogens with two attached hydrogens (primary N) is 1. The fraction of sp³-hybridized carbons (Fsp3) is 0.615. The van der Waals surface area contributed by atoms with Crippen molar-refractivity contribution in [3.63, 3.8) is 0 Å². The molecular formula is C13H21ClN4O2. The molecule has 1 aromatic rings. The van der Waals surface area contributed by atoms with E-state index >= 15 is 0 Å². The van der Waals surface area contributed by atoms with Gasteiger partial charge in [0.25, 0.3) is 0 Å². The molecule has 0 radical (unpaired) electrons. The molecule has 0 aliphatic carbocycles. The molecule has 0 aromatic carbocycles. The number of nitrogens with one attached hydrogen (secondary N) is 1. The number of nitrogen functional groups attached to an aromatic ring is 1. The van der Waals surface area contributed by atoms with E-state index in [1.165, 1.54) is 6.07 Å². The molecule has 1 rings (SSSR count). The van der Waals surface area contributed by atoms with Crippen LogP contribution in [-0.2, 0) is 9.53 Å². The number of ether oxygens (including phenoxy) is 1. The van der Waals surface area contributed by atoms with Gasteiger partial charge in [-0.25, -0.2) is 9.78 Å². The summed E-state index contributed by atoms with van der Waals surface area (Å²) in [5.74, 6) is 0.111. The second-order valence-corrected chi connectivity index (χ2v) is 6.22. The molecule has 1 atom stereocenters. The topological polar surface area (TPSA) is 90.1 Å². The van der Waals surface area contributed by atoms with Crippen LogP contribution in [0.3, 0.4) is 0 Å². The summed E-state index contributed by atoms with van der Waals surface area (Å²) < 4.78 is 5.38. The van der Waals surface area contributed by atoms with Crippen molar-refractivity contribution in [1.82, 2.24) is 9.97 Å². The van der Waals surface area contributed by atoms with Crippen LogP contribution in [0.15, 0.2) is 6.07 Å². The van der Waals surface area contributed by atoms with Gasteiger partial charge in [0.2, 0.25) is 5.95 Å². The van der Waals surface area contributed by atoms with E-state index in [9.17, 15) is 4.79 Å². The van der Waals surface area contributed by atoms with Gasteiger partial charge in [0.05, 0.1) is 0 Å². The van der Waals surface area contributed by atoms with Gasteiger partial charge in [-0.2, -0.15) is 4.98 Å². The van der Waals surface area contributed by atoms with Crippen molar-refractivity contribution in [3.05, 3.63) is 11.2 Å². The standard InChI is InChI=1S/C13H21ClN4O2/c1-7(2)10(11(19)20-13(3,4)5)17-9-6-8(14)16-12(15)18-9/h6-7,10H,1-5H3,(H3,15,16,17,18)/t10-/m1/s1. The number of nitrogens with zero attached hydrogens (tertiary/aromatic N) is 2. The normalized spacial score (nSPS) is 13.2. The molecular weight excluding hydrogens is 280 g/mol. The number of rotatable bonds is 4. The molecule has 0 spiro atoms. The molecule has 0 fully saturated rings. The number of anilines is 2. The van der Waals surface area contributed by atoms with Crippen molar-refractivity contribution in [2.24, 2.45) is 5.92 Å². The Labute approximate surface area is 124 Å². The first-order valence-corrected chi connectivity index (χ1v) is 6.76. The Bertz CT molecular complexity index is 465. The number of esters is 1. The Morgan fingerprint density at radius 1 is 1.40 bits per heavy atom. The lowest BCUT2D eigenvalue weighted by Crippen LogP contribution is -2.40. The maximum absolute atomic E-state index is 12.2. The van der Waals surface area contributed by atoms with Gasteiger partial charge >= 0.3 is 5.97 Å². The van der Waals surface area contributed by atoms with Crippen molar-refractivity contribution < 1.29 is 9.53 Å². The van der Waals surface area contributed by atoms with E-state index in [1.54, 1.807) is 0 Å². The molecule has 0 saturated heterocycles. The summed E-state index contributed by atoms with van der Waals surface area (Å²) in [5.41, 5.74) is 4.98. The van der Waals surface area contributed by atoms with Crippen molar-refractivity contribution in [2.75, 3.05) is 11.1 Å². The monoisotopic (exact) mass is 300 g/mol. The van der Waals surface area contributed by atoms with Gasteiger partial charge in [0, 0.05) is 6.07 Å². The summed E-state index contributed by atoms with van der Waals surface area (Å²) in [6.07, 6.45) is 0. The molecule has 7 heteroatoms. The van der Waals surface area contributed by atoms with Crippen LogP contribution >= 0.6 is 11.6 Å². The predicted molar refractivity (Wildman–Crippen MR) is 79.5 cm³/mol. The second-order valence-electron chi connectivity index (χ2n) is 5.83. The van der Waals surface area contributed by atoms with Gasteiger partial charge in [-0.1, -0.05) is 25.4 Å². The maximum Gasteiger partial charge on any atom is 0.329 e. The summed E-state index contributed by atoms with van der Waals surface area (Å²) in [6.45, 7) is 9.28. The van der Waals surface area contributed by atoms with Gasteiger partial charge in [-0.15, -0.1) is 0 Å². The smallest absolute Gasteiger partial charge is 0.329 e. The van der Waals surface area contributed by atoms with Crippen LogP contribution in [0.5, 0.6) is 0 Å². The molecule has 0 aliphatic rings. The lowest BCUT2D eigenvalue weighted by atomic mass is 10.0. The summed E-state index contributed by atoms with van der Waals surface area (Å²) >= 11 is 5.81. The Hall–Kier alpha value is -1.56. The van der Waals surface area contributed by atoms with E-state index in [4.69, 9.17) is 22.1 Å². The van der Waals surface area contributed by atoms with E-state index in [0.717, 1.165) is 0 Å². The highest BCUT2D eigenvalue weighted by Gasteiger charge is 2.28. The minimum atomic E-state index is -0.547. The summed E-state index contributed by atoms with van der Waals surface area (Å²) in [7, 11) is 0. The Kier molecular flexibility index (Phi) is 5.16. The fourth-order valence-electron chi connectivity index (χ4n) is 1.53. The lowest BCUT2D eigenvalue weighted by molar-refractivity contribution is -0.156. The van der Waals surface area contributed by atoms with Gasteiger partial charge in [0.1, 0.15) is 22.6 Å². The molecule has 0 saturated carbocycles. The molecule has 0 amide bonds. The van der Waals surface area contributed by atoms with Crippen LogP contribution in [0.4, 0.5) is 11.8 Å². The fourth-order valence-corrected chi connectivity index (χ4v) is 1.72. The van der Waals surface area contributed by atoms with E-state index < -0.39 is 11.6 Å². The molecule has 3 N–H and O–H groups in total. The number of carbonyl (C=O) groups excluding carboxylic acids is 1. The molecule has 0 aliphatic heterocycles. The summed E-state index contributed by atoms with van der Waals surface area (Å²) in [4.78, 5) is 19.9. The third-order valence-electron chi connectivity index (χ3n) is 2.34. The zero-order valence-electron chi connectivity index (χ0n) is 12.4. The number of aromatic nitrogens is 2. The first kappa shape index (κ1) is 16.5. The van der Waals surface area contributed by atoms with E-state index in [1.807, 2.05) is 34.6 Å². The number of carbonyl (C=O) groups is 1. The number of hydrogen-bond donors (Lipinski definition) is 2. The molecule has 20 heavy (non-hydrogen) atoms. The van der Waals surface area contributed by atoms with Gasteiger partial charge in [-0.3, -0.25) is 0 Å². The summed E-state index contributed by atoms with van der Waals surface area (Å²) in [5, 5.41) is 3.21. The van der Waals surface area contributed by atoms with Crippen LogP contribution in [0.2, 0.25) is 5.15 Å². The molecule has 1 heterocycles. The first-order chi connectivity index (χ1) is 9.08. The number of hydrogen-bond acceptors (Lipinski definition) is 6. The van der Waals surface area contributed by atoms with Crippen LogP contribution in [-0.4, -0.2) is 27.6 Å². The minimum Gasteiger partial charge on any atom is -0.458 e. The van der Waals surface area contributed by atoms with Crippen LogP contribution < -0.4 is 11.1 Å². The van der Waals surface area contributed by atoms with Crippen molar-refractivity contribution in [3.8, 4) is 0 Å². The number of halogens is 1. The average Bonchev–Trinajstić information content (AvgIpc) is 2.21. The molecule has 1 aromatic heterocycles. The Balaban J connectivity index is 2.90. The largest absolute Gasteiger partial charge is 0.458 e. The Morgan fingerprint density at radius 3 is 2.45 bits per heavy atom. The molecule has 0 bridgehead atoms. The maximum atomic E-state index is 12.2. The third kappa shape index (κ3) is 5.21. The van der Waals surface area contributed by atoms with Gasteiger partial charge < -0.3 is 15.8 Å². The molecule has 0 unspecified atom stereocenters. The predicted octanol–water partition coefficient (Wildman–Crippen LogP) is 2.49. The minimum absolute atomic E-state index is 0.0137. The lowest BCUT2D eigenvalue weighted by Gasteiger charge is -2.26. The van der Waals surface area contributed by atoms with Gasteiger partial charge in [0.15, 0.2) is 0 Å². The van der Waals surface area contributed by atoms with E-state index in [-0.39, 0.29) is 23.0 Å². The average molecular weight is 301 g/mol. The van der Waals surface area contributed by atoms with Crippen molar-refractivity contribution >= 4 is 29.3 Å². The second kappa shape index (κ2) is 6.26. The van der Waals surface area contributed by atoms with Crippen LogP contribution in [0, 0.1) is 5.92 Å². The zero-order valence-corrected chi connectivity index (χ0v) is 13.2. The van der Waals surface area contributed by atoms with Crippen LogP contribution in [0.25, 0.3) is 0 Å². The molecule has 6 nitrogen and oxygen atoms in total. The SMILES string of the molecule is CC(C)[C@@H](Nc1cc(Cl)nc(N)n1)C(=O)OC(C)(C)C. The highest BCUT2D eigenvalue weighted by atomic mass is 35.5. The molecule has 112 valence electrons. The quantitative estimate of drug-likeness (QED) is 0.656. The van der Waals surface area contributed by atoms with Crippen molar-refractivity contribution in [1.29, 1.82) is 0 Å². The van der Waals surface area contributed by atoms with Crippen molar-refractivity contribution in [2.45, 2.75) is 46.3 Å². The summed E-state index contributed by atoms with van der Waals surface area (Å²) in [6, 6.07) is 0.970. The zero-order chi connectivity index (χ0) is 15.5. The first-order valence-electron chi connectivity index (χ1n) is 6.38. The Morgan fingerprint density at radius 2 is 2.00 bits per heavy atom. The van der Waals surface area contributed by atoms with E-state index in [0.29, 0.717) is 5.82 Å². The highest BCUT2D eigenvalue weighted by Crippen LogP contribution is 2.18. The highest BCUT2D eigenvalue weighted by molar-refractivity contribution is 6.29. The van der Waals surface area contributed by atoms with Gasteiger partial charge in [-0.05, 0) is 26.7 Å². The third-order valence-corrected chi connectivity index (χ3v) is 2.54.